The monoisotopic (exact) mass is 304 g/mol. The molecule has 1 aliphatic heterocycles. The highest BCUT2D eigenvalue weighted by atomic mass is 16.4. The van der Waals surface area contributed by atoms with Crippen LogP contribution in [0.15, 0.2) is 30.3 Å². The van der Waals surface area contributed by atoms with Crippen molar-refractivity contribution in [1.82, 2.24) is 9.80 Å². The lowest BCUT2D eigenvalue weighted by atomic mass is 9.99. The van der Waals surface area contributed by atoms with Gasteiger partial charge in [0.15, 0.2) is 0 Å². The second-order valence-corrected chi connectivity index (χ2v) is 5.93. The first-order valence-corrected chi connectivity index (χ1v) is 7.78. The molecular weight excluding hydrogens is 280 g/mol. The van der Waals surface area contributed by atoms with Gasteiger partial charge in [0.2, 0.25) is 5.91 Å². The lowest BCUT2D eigenvalue weighted by molar-refractivity contribution is -0.151. The molecule has 1 aliphatic rings. The zero-order valence-electron chi connectivity index (χ0n) is 13.2. The highest BCUT2D eigenvalue weighted by molar-refractivity contribution is 5.86. The standard InChI is InChI=1S/C17H24N2O3/c1-13(17(21)22)18(2)16(20)15-10-6-7-11-19(15)12-14-8-4-3-5-9-14/h3-5,8-9,13,15H,6-7,10-12H2,1-2H3,(H,21,22). The van der Waals surface area contributed by atoms with E-state index in [9.17, 15) is 9.59 Å². The van der Waals surface area contributed by atoms with Gasteiger partial charge in [0.05, 0.1) is 6.04 Å². The van der Waals surface area contributed by atoms with Crippen molar-refractivity contribution >= 4 is 11.9 Å². The molecule has 0 spiro atoms. The molecule has 0 aliphatic carbocycles. The van der Waals surface area contributed by atoms with Gasteiger partial charge >= 0.3 is 5.97 Å². The van der Waals surface area contributed by atoms with Crippen molar-refractivity contribution in [1.29, 1.82) is 0 Å². The summed E-state index contributed by atoms with van der Waals surface area (Å²) in [7, 11) is 1.58. The number of rotatable bonds is 5. The Morgan fingerprint density at radius 1 is 1.32 bits per heavy atom. The van der Waals surface area contributed by atoms with Gasteiger partial charge in [-0.25, -0.2) is 4.79 Å². The van der Waals surface area contributed by atoms with Crippen LogP contribution in [0.3, 0.4) is 0 Å². The minimum absolute atomic E-state index is 0.0921. The molecule has 1 amide bonds. The van der Waals surface area contributed by atoms with E-state index < -0.39 is 12.0 Å². The molecule has 1 aromatic rings. The fourth-order valence-electron chi connectivity index (χ4n) is 2.87. The van der Waals surface area contributed by atoms with Crippen molar-refractivity contribution in [3.8, 4) is 0 Å². The van der Waals surface area contributed by atoms with Gasteiger partial charge in [0.1, 0.15) is 6.04 Å². The number of aliphatic carboxylic acids is 1. The molecule has 0 saturated carbocycles. The molecule has 2 atom stereocenters. The molecule has 1 fully saturated rings. The van der Waals surface area contributed by atoms with E-state index in [4.69, 9.17) is 5.11 Å². The third-order valence-corrected chi connectivity index (χ3v) is 4.41. The summed E-state index contributed by atoms with van der Waals surface area (Å²) < 4.78 is 0. The molecule has 120 valence electrons. The van der Waals surface area contributed by atoms with Crippen LogP contribution in [0.2, 0.25) is 0 Å². The third-order valence-electron chi connectivity index (χ3n) is 4.41. The summed E-state index contributed by atoms with van der Waals surface area (Å²) >= 11 is 0. The molecule has 22 heavy (non-hydrogen) atoms. The third kappa shape index (κ3) is 3.85. The van der Waals surface area contributed by atoms with Gasteiger partial charge in [-0.05, 0) is 31.9 Å². The summed E-state index contributed by atoms with van der Waals surface area (Å²) in [5, 5.41) is 9.09. The van der Waals surface area contributed by atoms with Gasteiger partial charge in [-0.2, -0.15) is 0 Å². The maximum absolute atomic E-state index is 12.7. The Morgan fingerprint density at radius 3 is 2.64 bits per heavy atom. The number of likely N-dealkylation sites (N-methyl/N-ethyl adjacent to an activating group) is 1. The van der Waals surface area contributed by atoms with Gasteiger partial charge in [0.25, 0.3) is 0 Å². The molecular formula is C17H24N2O3. The first kappa shape index (κ1) is 16.5. The van der Waals surface area contributed by atoms with Gasteiger partial charge in [0, 0.05) is 13.6 Å². The summed E-state index contributed by atoms with van der Waals surface area (Å²) in [6.07, 6.45) is 2.88. The number of carbonyl (C=O) groups excluding carboxylic acids is 1. The van der Waals surface area contributed by atoms with Crippen LogP contribution < -0.4 is 0 Å². The molecule has 1 N–H and O–H groups in total. The predicted molar refractivity (Wildman–Crippen MR) is 84.4 cm³/mol. The van der Waals surface area contributed by atoms with Crippen LogP contribution in [0.4, 0.5) is 0 Å². The summed E-state index contributed by atoms with van der Waals surface area (Å²) in [4.78, 5) is 27.3. The van der Waals surface area contributed by atoms with E-state index in [-0.39, 0.29) is 11.9 Å². The number of amides is 1. The van der Waals surface area contributed by atoms with Crippen LogP contribution in [-0.2, 0) is 16.1 Å². The molecule has 1 aromatic carbocycles. The number of hydrogen-bond donors (Lipinski definition) is 1. The maximum Gasteiger partial charge on any atom is 0.326 e. The molecule has 5 heteroatoms. The zero-order valence-corrected chi connectivity index (χ0v) is 13.2. The number of likely N-dealkylation sites (tertiary alicyclic amines) is 1. The van der Waals surface area contributed by atoms with Crippen LogP contribution in [0.25, 0.3) is 0 Å². The topological polar surface area (TPSA) is 60.9 Å². The van der Waals surface area contributed by atoms with Crippen LogP contribution >= 0.6 is 0 Å². The number of carbonyl (C=O) groups is 2. The highest BCUT2D eigenvalue weighted by Crippen LogP contribution is 2.21. The molecule has 0 aromatic heterocycles. The van der Waals surface area contributed by atoms with Crippen LogP contribution in [0.5, 0.6) is 0 Å². The van der Waals surface area contributed by atoms with Crippen LogP contribution in [0.1, 0.15) is 31.7 Å². The summed E-state index contributed by atoms with van der Waals surface area (Å²) in [6, 6.07) is 9.06. The van der Waals surface area contributed by atoms with Gasteiger partial charge in [-0.3, -0.25) is 9.69 Å². The Labute approximate surface area is 131 Å². The number of carboxylic acid groups (broad SMARTS) is 1. The number of benzene rings is 1. The fraction of sp³-hybridized carbons (Fsp3) is 0.529. The molecule has 2 rings (SSSR count). The Balaban J connectivity index is 2.09. The molecule has 1 saturated heterocycles. The maximum atomic E-state index is 12.7. The number of nitrogens with zero attached hydrogens (tertiary/aromatic N) is 2. The fourth-order valence-corrected chi connectivity index (χ4v) is 2.87. The van der Waals surface area contributed by atoms with E-state index >= 15 is 0 Å². The highest BCUT2D eigenvalue weighted by Gasteiger charge is 2.33. The van der Waals surface area contributed by atoms with Crippen LogP contribution in [0, 0.1) is 0 Å². The van der Waals surface area contributed by atoms with Crippen molar-refractivity contribution in [2.45, 2.75) is 44.8 Å². The lowest BCUT2D eigenvalue weighted by Gasteiger charge is -2.37. The normalized spacial score (nSPS) is 20.4. The Hall–Kier alpha value is -1.88. The number of carboxylic acids is 1. The van der Waals surface area contributed by atoms with E-state index in [0.717, 1.165) is 32.4 Å². The average molecular weight is 304 g/mol. The van der Waals surface area contributed by atoms with Gasteiger partial charge < -0.3 is 10.0 Å². The summed E-state index contributed by atoms with van der Waals surface area (Å²) in [5.41, 5.74) is 1.18. The number of piperidine rings is 1. The van der Waals surface area contributed by atoms with Crippen molar-refractivity contribution in [2.75, 3.05) is 13.6 Å². The first-order valence-electron chi connectivity index (χ1n) is 7.78. The SMILES string of the molecule is CC(C(=O)O)N(C)C(=O)C1CCCCN1Cc1ccccc1. The van der Waals surface area contributed by atoms with Crippen LogP contribution in [-0.4, -0.2) is 52.5 Å². The van der Waals surface area contributed by atoms with E-state index in [1.54, 1.807) is 14.0 Å². The van der Waals surface area contributed by atoms with E-state index in [0.29, 0.717) is 0 Å². The second kappa shape index (κ2) is 7.40. The Kier molecular flexibility index (Phi) is 5.55. The predicted octanol–water partition coefficient (Wildman–Crippen LogP) is 1.97. The summed E-state index contributed by atoms with van der Waals surface area (Å²) in [5.74, 6) is -1.06. The smallest absolute Gasteiger partial charge is 0.326 e. The summed E-state index contributed by atoms with van der Waals surface area (Å²) in [6.45, 7) is 3.15. The largest absolute Gasteiger partial charge is 0.480 e. The first-order chi connectivity index (χ1) is 10.5. The van der Waals surface area contributed by atoms with Crippen molar-refractivity contribution in [3.05, 3.63) is 35.9 Å². The molecule has 1 heterocycles. The van der Waals surface area contributed by atoms with Gasteiger partial charge in [-0.15, -0.1) is 0 Å². The quantitative estimate of drug-likeness (QED) is 0.903. The van der Waals surface area contributed by atoms with Gasteiger partial charge in [-0.1, -0.05) is 36.8 Å². The molecule has 2 unspecified atom stereocenters. The molecule has 0 bridgehead atoms. The molecule has 0 radical (unpaired) electrons. The van der Waals surface area contributed by atoms with E-state index in [2.05, 4.69) is 17.0 Å². The van der Waals surface area contributed by atoms with E-state index in [1.807, 2.05) is 18.2 Å². The minimum atomic E-state index is -0.971. The van der Waals surface area contributed by atoms with Crippen molar-refractivity contribution in [3.63, 3.8) is 0 Å². The zero-order chi connectivity index (χ0) is 16.1. The Morgan fingerprint density at radius 2 is 2.00 bits per heavy atom. The minimum Gasteiger partial charge on any atom is -0.480 e. The lowest BCUT2D eigenvalue weighted by Crippen LogP contribution is -2.52. The second-order valence-electron chi connectivity index (χ2n) is 5.93. The van der Waals surface area contributed by atoms with Crippen molar-refractivity contribution < 1.29 is 14.7 Å². The number of hydrogen-bond acceptors (Lipinski definition) is 3. The Bertz CT molecular complexity index is 518. The van der Waals surface area contributed by atoms with E-state index in [1.165, 1.54) is 10.5 Å². The van der Waals surface area contributed by atoms with Crippen molar-refractivity contribution in [2.24, 2.45) is 0 Å². The molecule has 5 nitrogen and oxygen atoms in total. The average Bonchev–Trinajstić information content (AvgIpc) is 2.54.